The van der Waals surface area contributed by atoms with Gasteiger partial charge in [0.05, 0.1) is 7.11 Å². The van der Waals surface area contributed by atoms with Crippen molar-refractivity contribution in [2.24, 2.45) is 0 Å². The molecule has 0 amide bonds. The van der Waals surface area contributed by atoms with Gasteiger partial charge in [-0.2, -0.15) is 0 Å². The first kappa shape index (κ1) is 11.5. The van der Waals surface area contributed by atoms with Gasteiger partial charge in [-0.3, -0.25) is 4.79 Å². The van der Waals surface area contributed by atoms with Gasteiger partial charge < -0.3 is 10.1 Å². The van der Waals surface area contributed by atoms with Crippen LogP contribution in [0.2, 0.25) is 0 Å². The van der Waals surface area contributed by atoms with Crippen molar-refractivity contribution < 1.29 is 9.53 Å². The lowest BCUT2D eigenvalue weighted by Crippen LogP contribution is -2.30. The Bertz CT molecular complexity index is 159. The molecule has 70 valence electrons. The summed E-state index contributed by atoms with van der Waals surface area (Å²) in [5.41, 5.74) is 0. The van der Waals surface area contributed by atoms with Gasteiger partial charge in [-0.15, -0.1) is 11.6 Å². The summed E-state index contributed by atoms with van der Waals surface area (Å²) in [6, 6.07) is 0. The number of hydrogen-bond acceptors (Lipinski definition) is 3. The number of halogens is 1. The summed E-state index contributed by atoms with van der Waals surface area (Å²) in [6.07, 6.45) is 3.87. The van der Waals surface area contributed by atoms with E-state index in [2.05, 4.69) is 10.1 Å². The summed E-state index contributed by atoms with van der Waals surface area (Å²) in [4.78, 5) is 10.8. The minimum Gasteiger partial charge on any atom is -0.468 e. The van der Waals surface area contributed by atoms with Gasteiger partial charge in [0, 0.05) is 13.1 Å². The number of carbonyl (C=O) groups is 1. The number of ether oxygens (including phenoxy) is 1. The lowest BCUT2D eigenvalue weighted by molar-refractivity contribution is -0.140. The van der Waals surface area contributed by atoms with E-state index in [4.69, 9.17) is 11.6 Å². The lowest BCUT2D eigenvalue weighted by atomic mass is 10.4. The zero-order chi connectivity index (χ0) is 9.40. The average molecular weight is 192 g/mol. The van der Waals surface area contributed by atoms with Crippen LogP contribution in [0.25, 0.3) is 0 Å². The molecule has 0 aromatic carbocycles. The Hall–Kier alpha value is -0.540. The number of allylic oxidation sites excluding steroid dienone is 1. The van der Waals surface area contributed by atoms with E-state index in [1.165, 1.54) is 7.11 Å². The highest BCUT2D eigenvalue weighted by atomic mass is 35.5. The molecule has 0 aliphatic carbocycles. The van der Waals surface area contributed by atoms with Crippen LogP contribution < -0.4 is 5.32 Å². The molecule has 1 N–H and O–H groups in total. The molecule has 0 aromatic rings. The quantitative estimate of drug-likeness (QED) is 0.304. The minimum atomic E-state index is -0.597. The molecule has 0 aliphatic heterocycles. The van der Waals surface area contributed by atoms with Gasteiger partial charge >= 0.3 is 5.97 Å². The molecule has 3 nitrogen and oxygen atoms in total. The molecule has 0 spiro atoms. The van der Waals surface area contributed by atoms with E-state index < -0.39 is 11.3 Å². The Morgan fingerprint density at radius 3 is 2.92 bits per heavy atom. The monoisotopic (exact) mass is 191 g/mol. The molecule has 4 heteroatoms. The fourth-order valence-corrected chi connectivity index (χ4v) is 0.821. The predicted octanol–water partition coefficient (Wildman–Crippen LogP) is 0.932. The van der Waals surface area contributed by atoms with Crippen molar-refractivity contribution in [2.75, 3.05) is 20.2 Å². The molecule has 0 rings (SSSR count). The van der Waals surface area contributed by atoms with Crippen molar-refractivity contribution in [1.82, 2.24) is 5.32 Å². The third-order valence-corrected chi connectivity index (χ3v) is 1.61. The largest absolute Gasteiger partial charge is 0.468 e. The van der Waals surface area contributed by atoms with Crippen molar-refractivity contribution in [1.29, 1.82) is 0 Å². The second-order valence-electron chi connectivity index (χ2n) is 2.22. The number of carbonyl (C=O) groups excluding carboxylic acids is 1. The standard InChI is InChI=1S/C8H14ClNO2/c1-3-4-5-10-6-7(9)8(11)12-2/h3-4,7,10H,5-6H2,1-2H3/b4-3+. The zero-order valence-corrected chi connectivity index (χ0v) is 8.10. The number of methoxy groups -OCH3 is 1. The van der Waals surface area contributed by atoms with Crippen LogP contribution in [0, 0.1) is 0 Å². The third-order valence-electron chi connectivity index (χ3n) is 1.28. The number of alkyl halides is 1. The van der Waals surface area contributed by atoms with Crippen LogP contribution in [-0.2, 0) is 9.53 Å². The zero-order valence-electron chi connectivity index (χ0n) is 7.34. The molecule has 0 aliphatic rings. The smallest absolute Gasteiger partial charge is 0.325 e. The minimum absolute atomic E-state index is 0.398. The number of hydrogen-bond donors (Lipinski definition) is 1. The second kappa shape index (κ2) is 7.13. The summed E-state index contributed by atoms with van der Waals surface area (Å²) < 4.78 is 4.44. The molecule has 0 saturated carbocycles. The third kappa shape index (κ3) is 5.16. The van der Waals surface area contributed by atoms with Gasteiger partial charge in [-0.05, 0) is 6.92 Å². The van der Waals surface area contributed by atoms with Crippen molar-refractivity contribution in [3.8, 4) is 0 Å². The van der Waals surface area contributed by atoms with Gasteiger partial charge in [0.25, 0.3) is 0 Å². The SMILES string of the molecule is C/C=C/CNCC(Cl)C(=O)OC. The van der Waals surface area contributed by atoms with Gasteiger partial charge in [0.1, 0.15) is 5.38 Å². The summed E-state index contributed by atoms with van der Waals surface area (Å²) in [5, 5.41) is 2.38. The Balaban J connectivity index is 3.43. The Labute approximate surface area is 77.7 Å². The maximum absolute atomic E-state index is 10.8. The fourth-order valence-electron chi connectivity index (χ4n) is 0.622. The molecular formula is C8H14ClNO2. The highest BCUT2D eigenvalue weighted by molar-refractivity contribution is 6.30. The van der Waals surface area contributed by atoms with E-state index in [1.54, 1.807) is 0 Å². The summed E-state index contributed by atoms with van der Waals surface area (Å²) >= 11 is 5.65. The first-order chi connectivity index (χ1) is 5.72. The summed E-state index contributed by atoms with van der Waals surface area (Å²) in [6.45, 7) is 3.08. The van der Waals surface area contributed by atoms with E-state index in [-0.39, 0.29) is 0 Å². The first-order valence-electron chi connectivity index (χ1n) is 3.76. The maximum atomic E-state index is 10.8. The van der Waals surface area contributed by atoms with Crippen LogP contribution in [0.5, 0.6) is 0 Å². The van der Waals surface area contributed by atoms with Crippen molar-refractivity contribution in [2.45, 2.75) is 12.3 Å². The Kier molecular flexibility index (Phi) is 6.81. The molecule has 12 heavy (non-hydrogen) atoms. The van der Waals surface area contributed by atoms with Gasteiger partial charge in [-0.1, -0.05) is 12.2 Å². The predicted molar refractivity (Wildman–Crippen MR) is 49.3 cm³/mol. The van der Waals surface area contributed by atoms with Gasteiger partial charge in [-0.25, -0.2) is 0 Å². The van der Waals surface area contributed by atoms with E-state index in [9.17, 15) is 4.79 Å². The van der Waals surface area contributed by atoms with Crippen LogP contribution in [0.1, 0.15) is 6.92 Å². The van der Waals surface area contributed by atoms with Crippen LogP contribution >= 0.6 is 11.6 Å². The topological polar surface area (TPSA) is 38.3 Å². The molecule has 0 bridgehead atoms. The highest BCUT2D eigenvalue weighted by Gasteiger charge is 2.13. The molecule has 1 atom stereocenters. The molecule has 0 saturated heterocycles. The first-order valence-corrected chi connectivity index (χ1v) is 4.19. The molecule has 0 fully saturated rings. The lowest BCUT2D eigenvalue weighted by Gasteiger charge is -2.06. The van der Waals surface area contributed by atoms with E-state index in [0.717, 1.165) is 6.54 Å². The average Bonchev–Trinajstić information content (AvgIpc) is 2.10. The molecule has 0 heterocycles. The molecule has 0 aromatic heterocycles. The molecule has 0 radical (unpaired) electrons. The number of nitrogens with one attached hydrogen (secondary N) is 1. The second-order valence-corrected chi connectivity index (χ2v) is 2.74. The Morgan fingerprint density at radius 2 is 2.42 bits per heavy atom. The summed E-state index contributed by atoms with van der Waals surface area (Å²) in [5.74, 6) is -0.398. The highest BCUT2D eigenvalue weighted by Crippen LogP contribution is 1.95. The fraction of sp³-hybridized carbons (Fsp3) is 0.625. The van der Waals surface area contributed by atoms with Gasteiger partial charge in [0.15, 0.2) is 0 Å². The van der Waals surface area contributed by atoms with Crippen molar-refractivity contribution in [3.63, 3.8) is 0 Å². The van der Waals surface area contributed by atoms with Gasteiger partial charge in [0.2, 0.25) is 0 Å². The number of esters is 1. The summed E-state index contributed by atoms with van der Waals surface area (Å²) in [7, 11) is 1.32. The van der Waals surface area contributed by atoms with E-state index in [1.807, 2.05) is 19.1 Å². The maximum Gasteiger partial charge on any atom is 0.325 e. The van der Waals surface area contributed by atoms with Crippen molar-refractivity contribution in [3.05, 3.63) is 12.2 Å². The molecule has 1 unspecified atom stereocenters. The van der Waals surface area contributed by atoms with Crippen LogP contribution in [0.15, 0.2) is 12.2 Å². The van der Waals surface area contributed by atoms with Crippen LogP contribution in [0.3, 0.4) is 0 Å². The van der Waals surface area contributed by atoms with E-state index >= 15 is 0 Å². The van der Waals surface area contributed by atoms with Crippen LogP contribution in [0.4, 0.5) is 0 Å². The van der Waals surface area contributed by atoms with Crippen LogP contribution in [-0.4, -0.2) is 31.5 Å². The van der Waals surface area contributed by atoms with E-state index in [0.29, 0.717) is 6.54 Å². The normalized spacial score (nSPS) is 13.2. The molecular weight excluding hydrogens is 178 g/mol. The Morgan fingerprint density at radius 1 is 1.75 bits per heavy atom. The van der Waals surface area contributed by atoms with Crippen molar-refractivity contribution >= 4 is 17.6 Å². The number of rotatable bonds is 5.